The van der Waals surface area contributed by atoms with E-state index in [2.05, 4.69) is 19.8 Å². The summed E-state index contributed by atoms with van der Waals surface area (Å²) in [5.41, 5.74) is 7.99. The number of carbonyl (C=O) groups excluding carboxylic acids is 1. The van der Waals surface area contributed by atoms with Crippen molar-refractivity contribution in [1.82, 2.24) is 24.6 Å². The van der Waals surface area contributed by atoms with Gasteiger partial charge < -0.3 is 20.1 Å². The van der Waals surface area contributed by atoms with Crippen molar-refractivity contribution >= 4 is 33.5 Å². The molecule has 0 aliphatic carbocycles. The fourth-order valence-electron chi connectivity index (χ4n) is 3.99. The zero-order valence-electron chi connectivity index (χ0n) is 17.4. The minimum atomic E-state index is -4.81. The van der Waals surface area contributed by atoms with Crippen LogP contribution in [-0.4, -0.2) is 50.6 Å². The zero-order chi connectivity index (χ0) is 23.5. The Morgan fingerprint density at radius 2 is 2.06 bits per heavy atom. The number of carbonyl (C=O) groups is 1. The fourth-order valence-corrected chi connectivity index (χ4v) is 3.99. The van der Waals surface area contributed by atoms with E-state index in [0.29, 0.717) is 27.7 Å². The standard InChI is InChI=1S/C21H17F3N6O3/c1-29(16-9-32-17-5-10(3-4-11(16)17)33-21(22,23)24)20(31)14-6-12-15(8-26-14)28-19(25)13-7-27-30(2)18(12)13/h3-8,16H,9H2,1-2H3,(H2,25,28)/t16-/m1/s1. The van der Waals surface area contributed by atoms with Crippen LogP contribution in [0.15, 0.2) is 36.7 Å². The third kappa shape index (κ3) is 3.52. The average Bonchev–Trinajstić information content (AvgIpc) is 3.35. The number of amides is 1. The Labute approximate surface area is 184 Å². The van der Waals surface area contributed by atoms with Gasteiger partial charge in [-0.3, -0.25) is 9.48 Å². The molecule has 4 aromatic rings. The van der Waals surface area contributed by atoms with Gasteiger partial charge in [0, 0.05) is 31.1 Å². The van der Waals surface area contributed by atoms with Crippen LogP contribution in [0.4, 0.5) is 19.0 Å². The normalized spacial score (nSPS) is 15.5. The van der Waals surface area contributed by atoms with E-state index in [1.54, 1.807) is 31.0 Å². The molecule has 5 rings (SSSR count). The molecule has 3 aromatic heterocycles. The van der Waals surface area contributed by atoms with Gasteiger partial charge in [0.1, 0.15) is 29.6 Å². The van der Waals surface area contributed by atoms with Crippen molar-refractivity contribution < 1.29 is 27.4 Å². The van der Waals surface area contributed by atoms with E-state index in [1.165, 1.54) is 23.2 Å². The summed E-state index contributed by atoms with van der Waals surface area (Å²) >= 11 is 0. The summed E-state index contributed by atoms with van der Waals surface area (Å²) in [6, 6.07) is 4.92. The highest BCUT2D eigenvalue weighted by molar-refractivity contribution is 6.09. The number of rotatable bonds is 3. The van der Waals surface area contributed by atoms with Gasteiger partial charge in [-0.1, -0.05) is 0 Å². The largest absolute Gasteiger partial charge is 0.573 e. The highest BCUT2D eigenvalue weighted by Gasteiger charge is 2.34. The number of anilines is 1. The van der Waals surface area contributed by atoms with Gasteiger partial charge in [-0.05, 0) is 18.2 Å². The van der Waals surface area contributed by atoms with Crippen molar-refractivity contribution in [3.8, 4) is 11.5 Å². The molecule has 1 aliphatic heterocycles. The minimum Gasteiger partial charge on any atom is -0.491 e. The van der Waals surface area contributed by atoms with Crippen LogP contribution in [0.25, 0.3) is 21.8 Å². The molecule has 12 heteroatoms. The molecule has 4 heterocycles. The summed E-state index contributed by atoms with van der Waals surface area (Å²) < 4.78 is 48.6. The van der Waals surface area contributed by atoms with Crippen molar-refractivity contribution in [2.75, 3.05) is 19.4 Å². The van der Waals surface area contributed by atoms with Crippen LogP contribution >= 0.6 is 0 Å². The molecule has 9 nitrogen and oxygen atoms in total. The van der Waals surface area contributed by atoms with E-state index < -0.39 is 12.4 Å². The Kier molecular flexibility index (Phi) is 4.55. The van der Waals surface area contributed by atoms with Crippen LogP contribution < -0.4 is 15.2 Å². The van der Waals surface area contributed by atoms with Gasteiger partial charge in [-0.2, -0.15) is 5.10 Å². The summed E-state index contributed by atoms with van der Waals surface area (Å²) in [7, 11) is 3.34. The van der Waals surface area contributed by atoms with Crippen molar-refractivity contribution in [3.05, 3.63) is 47.9 Å². The van der Waals surface area contributed by atoms with Gasteiger partial charge in [0.05, 0.1) is 34.9 Å². The molecular formula is C21H17F3N6O3. The molecule has 0 unspecified atom stereocenters. The van der Waals surface area contributed by atoms with Gasteiger partial charge in [-0.25, -0.2) is 9.97 Å². The molecule has 170 valence electrons. The van der Waals surface area contributed by atoms with Crippen LogP contribution in [0, 0.1) is 0 Å². The number of benzene rings is 1. The van der Waals surface area contributed by atoms with Crippen molar-refractivity contribution in [2.45, 2.75) is 12.4 Å². The van der Waals surface area contributed by atoms with Crippen LogP contribution in [0.1, 0.15) is 22.1 Å². The Hall–Kier alpha value is -4.09. The summed E-state index contributed by atoms with van der Waals surface area (Å²) in [5, 5.41) is 5.55. The lowest BCUT2D eigenvalue weighted by Gasteiger charge is -2.23. The van der Waals surface area contributed by atoms with Crippen molar-refractivity contribution in [1.29, 1.82) is 0 Å². The summed E-state index contributed by atoms with van der Waals surface area (Å²) in [6.45, 7) is 0.0880. The average molecular weight is 458 g/mol. The molecule has 2 N–H and O–H groups in total. The number of ether oxygens (including phenoxy) is 2. The molecule has 33 heavy (non-hydrogen) atoms. The number of nitrogens with zero attached hydrogens (tertiary/aromatic N) is 5. The maximum Gasteiger partial charge on any atom is 0.573 e. The first-order valence-corrected chi connectivity index (χ1v) is 9.79. The van der Waals surface area contributed by atoms with E-state index in [-0.39, 0.29) is 29.7 Å². The first kappa shape index (κ1) is 20.8. The monoisotopic (exact) mass is 458 g/mol. The fraction of sp³-hybridized carbons (Fsp3) is 0.238. The predicted molar refractivity (Wildman–Crippen MR) is 112 cm³/mol. The second-order valence-electron chi connectivity index (χ2n) is 7.60. The van der Waals surface area contributed by atoms with Gasteiger partial charge in [0.2, 0.25) is 0 Å². The molecule has 1 aliphatic rings. The highest BCUT2D eigenvalue weighted by Crippen LogP contribution is 2.39. The SMILES string of the molecule is CN(C(=O)c1cc2c(cn1)nc(N)c1cnn(C)c12)[C@@H]1COc2cc(OC(F)(F)F)ccc21. The first-order chi connectivity index (χ1) is 15.6. The van der Waals surface area contributed by atoms with Gasteiger partial charge in [-0.15, -0.1) is 13.2 Å². The zero-order valence-corrected chi connectivity index (χ0v) is 17.4. The lowest BCUT2D eigenvalue weighted by Crippen LogP contribution is -2.32. The number of halogens is 3. The third-order valence-electron chi connectivity index (χ3n) is 5.57. The molecule has 0 fully saturated rings. The third-order valence-corrected chi connectivity index (χ3v) is 5.57. The quantitative estimate of drug-likeness (QED) is 0.502. The minimum absolute atomic E-state index is 0.0880. The molecule has 0 bridgehead atoms. The lowest BCUT2D eigenvalue weighted by molar-refractivity contribution is -0.274. The Morgan fingerprint density at radius 1 is 1.27 bits per heavy atom. The summed E-state index contributed by atoms with van der Waals surface area (Å²) in [5.74, 6) is -0.235. The molecule has 0 saturated heterocycles. The molecular weight excluding hydrogens is 441 g/mol. The summed E-state index contributed by atoms with van der Waals surface area (Å²) in [6.07, 6.45) is -1.73. The number of pyridine rings is 2. The molecule has 0 radical (unpaired) electrons. The second-order valence-corrected chi connectivity index (χ2v) is 7.60. The number of fused-ring (bicyclic) bond motifs is 4. The summed E-state index contributed by atoms with van der Waals surface area (Å²) in [4.78, 5) is 23.2. The number of aryl methyl sites for hydroxylation is 1. The Balaban J connectivity index is 1.47. The maximum atomic E-state index is 13.2. The van der Waals surface area contributed by atoms with E-state index in [0.717, 1.165) is 11.6 Å². The lowest BCUT2D eigenvalue weighted by atomic mass is 10.1. The number of nitrogens with two attached hydrogens (primary N) is 1. The predicted octanol–water partition coefficient (Wildman–Crippen LogP) is 3.20. The number of hydrogen-bond donors (Lipinski definition) is 1. The van der Waals surface area contributed by atoms with E-state index >= 15 is 0 Å². The van der Waals surface area contributed by atoms with Crippen molar-refractivity contribution in [3.63, 3.8) is 0 Å². The Bertz CT molecular complexity index is 1420. The molecule has 1 atom stereocenters. The number of likely N-dealkylation sites (N-methyl/N-ethyl adjacent to an activating group) is 1. The molecule has 1 aromatic carbocycles. The second kappa shape index (κ2) is 7.22. The smallest absolute Gasteiger partial charge is 0.491 e. The Morgan fingerprint density at radius 3 is 2.82 bits per heavy atom. The van der Waals surface area contributed by atoms with Crippen LogP contribution in [0.3, 0.4) is 0 Å². The maximum absolute atomic E-state index is 13.2. The van der Waals surface area contributed by atoms with E-state index in [1.807, 2.05) is 0 Å². The number of nitrogen functional groups attached to an aromatic ring is 1. The number of hydrogen-bond acceptors (Lipinski definition) is 7. The van der Waals surface area contributed by atoms with E-state index in [4.69, 9.17) is 10.5 Å². The molecule has 1 amide bonds. The van der Waals surface area contributed by atoms with Gasteiger partial charge in [0.25, 0.3) is 5.91 Å². The highest BCUT2D eigenvalue weighted by atomic mass is 19.4. The van der Waals surface area contributed by atoms with Crippen LogP contribution in [0.2, 0.25) is 0 Å². The molecule has 0 spiro atoms. The topological polar surface area (TPSA) is 108 Å². The number of alkyl halides is 3. The van der Waals surface area contributed by atoms with Crippen molar-refractivity contribution in [2.24, 2.45) is 7.05 Å². The van der Waals surface area contributed by atoms with Gasteiger partial charge >= 0.3 is 6.36 Å². The van der Waals surface area contributed by atoms with Crippen LogP contribution in [0.5, 0.6) is 11.5 Å². The molecule has 0 saturated carbocycles. The first-order valence-electron chi connectivity index (χ1n) is 9.79. The number of aromatic nitrogens is 4. The van der Waals surface area contributed by atoms with Gasteiger partial charge in [0.15, 0.2) is 0 Å². The van der Waals surface area contributed by atoms with E-state index in [9.17, 15) is 18.0 Å². The van der Waals surface area contributed by atoms with Crippen LogP contribution in [-0.2, 0) is 7.05 Å².